The van der Waals surface area contributed by atoms with E-state index < -0.39 is 0 Å². The van der Waals surface area contributed by atoms with Crippen LogP contribution in [0.15, 0.2) is 6.33 Å². The molecule has 0 bridgehead atoms. The van der Waals surface area contributed by atoms with E-state index >= 15 is 0 Å². The van der Waals surface area contributed by atoms with Crippen molar-refractivity contribution in [3.8, 4) is 0 Å². The molecule has 6 heteroatoms. The maximum atomic E-state index is 11.9. The standard InChI is InChI=1S/C12H21N5O/c1-17(2)5-3-4-13-12(18)10-6-9-11(7-14-10)16-8-15-9/h8,10,14H,3-7H2,1-2H3,(H,13,18)(H,15,16). The van der Waals surface area contributed by atoms with E-state index in [1.807, 2.05) is 14.1 Å². The predicted octanol–water partition coefficient (Wildman–Crippen LogP) is -0.508. The molecule has 1 amide bonds. The van der Waals surface area contributed by atoms with E-state index in [4.69, 9.17) is 0 Å². The summed E-state index contributed by atoms with van der Waals surface area (Å²) in [5.74, 6) is 0.0717. The largest absolute Gasteiger partial charge is 0.355 e. The van der Waals surface area contributed by atoms with Gasteiger partial charge in [-0.1, -0.05) is 0 Å². The Morgan fingerprint density at radius 2 is 2.44 bits per heavy atom. The van der Waals surface area contributed by atoms with Crippen LogP contribution in [0, 0.1) is 0 Å². The SMILES string of the molecule is CN(C)CCCNC(=O)C1Cc2nc[nH]c2CN1. The van der Waals surface area contributed by atoms with Crippen LogP contribution in [-0.4, -0.2) is 54.0 Å². The molecule has 1 aliphatic rings. The average Bonchev–Trinajstić information content (AvgIpc) is 2.81. The first-order valence-electron chi connectivity index (χ1n) is 6.34. The topological polar surface area (TPSA) is 73.0 Å². The van der Waals surface area contributed by atoms with Crippen molar-refractivity contribution in [3.05, 3.63) is 17.7 Å². The second-order valence-corrected chi connectivity index (χ2v) is 4.91. The fourth-order valence-electron chi connectivity index (χ4n) is 2.08. The Morgan fingerprint density at radius 1 is 1.61 bits per heavy atom. The molecule has 0 saturated heterocycles. The lowest BCUT2D eigenvalue weighted by Gasteiger charge is -2.22. The highest BCUT2D eigenvalue weighted by molar-refractivity contribution is 5.82. The van der Waals surface area contributed by atoms with Gasteiger partial charge in [-0.3, -0.25) is 10.1 Å². The van der Waals surface area contributed by atoms with Crippen molar-refractivity contribution >= 4 is 5.91 Å². The number of aromatic amines is 1. The first kappa shape index (κ1) is 13.0. The quantitative estimate of drug-likeness (QED) is 0.616. The minimum absolute atomic E-state index is 0.0717. The van der Waals surface area contributed by atoms with Crippen molar-refractivity contribution in [1.82, 2.24) is 25.5 Å². The van der Waals surface area contributed by atoms with Crippen LogP contribution in [0.5, 0.6) is 0 Å². The molecular weight excluding hydrogens is 230 g/mol. The monoisotopic (exact) mass is 251 g/mol. The molecule has 6 nitrogen and oxygen atoms in total. The molecule has 18 heavy (non-hydrogen) atoms. The average molecular weight is 251 g/mol. The molecule has 1 aromatic heterocycles. The van der Waals surface area contributed by atoms with Crippen LogP contribution in [0.1, 0.15) is 17.8 Å². The Balaban J connectivity index is 1.74. The van der Waals surface area contributed by atoms with Crippen molar-refractivity contribution in [1.29, 1.82) is 0 Å². The van der Waals surface area contributed by atoms with Gasteiger partial charge in [0.25, 0.3) is 0 Å². The lowest BCUT2D eigenvalue weighted by atomic mass is 10.0. The first-order valence-corrected chi connectivity index (χ1v) is 6.34. The Hall–Kier alpha value is -1.40. The predicted molar refractivity (Wildman–Crippen MR) is 69.1 cm³/mol. The van der Waals surface area contributed by atoms with Crippen molar-refractivity contribution in [2.75, 3.05) is 27.2 Å². The van der Waals surface area contributed by atoms with Crippen LogP contribution in [0.25, 0.3) is 0 Å². The third-order valence-electron chi connectivity index (χ3n) is 3.13. The number of hydrogen-bond donors (Lipinski definition) is 3. The molecule has 0 radical (unpaired) electrons. The zero-order valence-electron chi connectivity index (χ0n) is 11.0. The summed E-state index contributed by atoms with van der Waals surface area (Å²) in [7, 11) is 4.06. The zero-order chi connectivity index (χ0) is 13.0. The molecule has 0 aromatic carbocycles. The molecule has 1 unspecified atom stereocenters. The smallest absolute Gasteiger partial charge is 0.237 e. The summed E-state index contributed by atoms with van der Waals surface area (Å²) in [4.78, 5) is 21.4. The van der Waals surface area contributed by atoms with E-state index in [9.17, 15) is 4.79 Å². The van der Waals surface area contributed by atoms with E-state index in [0.29, 0.717) is 13.0 Å². The van der Waals surface area contributed by atoms with Gasteiger partial charge in [-0.15, -0.1) is 0 Å². The number of carbonyl (C=O) groups excluding carboxylic acids is 1. The minimum Gasteiger partial charge on any atom is -0.355 e. The number of fused-ring (bicyclic) bond motifs is 1. The summed E-state index contributed by atoms with van der Waals surface area (Å²) in [6.07, 6.45) is 3.32. The first-order chi connectivity index (χ1) is 8.66. The van der Waals surface area contributed by atoms with Gasteiger partial charge in [-0.2, -0.15) is 0 Å². The number of H-pyrrole nitrogens is 1. The Kier molecular flexibility index (Phi) is 4.33. The van der Waals surface area contributed by atoms with Gasteiger partial charge >= 0.3 is 0 Å². The number of carbonyl (C=O) groups is 1. The summed E-state index contributed by atoms with van der Waals surface area (Å²) < 4.78 is 0. The van der Waals surface area contributed by atoms with Gasteiger partial charge in [0.2, 0.25) is 5.91 Å². The summed E-state index contributed by atoms with van der Waals surface area (Å²) in [6, 6.07) is -0.153. The Bertz CT molecular complexity index is 401. The normalized spacial score (nSPS) is 18.7. The van der Waals surface area contributed by atoms with Crippen LogP contribution >= 0.6 is 0 Å². The number of nitrogens with zero attached hydrogens (tertiary/aromatic N) is 2. The molecular formula is C12H21N5O. The van der Waals surface area contributed by atoms with Crippen LogP contribution in [0.4, 0.5) is 0 Å². The molecule has 1 aliphatic heterocycles. The number of nitrogens with one attached hydrogen (secondary N) is 3. The molecule has 2 heterocycles. The molecule has 1 atom stereocenters. The number of aromatic nitrogens is 2. The summed E-state index contributed by atoms with van der Waals surface area (Å²) in [5.41, 5.74) is 2.09. The van der Waals surface area contributed by atoms with Gasteiger partial charge in [0.15, 0.2) is 0 Å². The highest BCUT2D eigenvalue weighted by atomic mass is 16.2. The molecule has 2 rings (SSSR count). The highest BCUT2D eigenvalue weighted by Gasteiger charge is 2.25. The fraction of sp³-hybridized carbons (Fsp3) is 0.667. The number of rotatable bonds is 5. The lowest BCUT2D eigenvalue weighted by molar-refractivity contribution is -0.123. The maximum absolute atomic E-state index is 11.9. The molecule has 0 fully saturated rings. The van der Waals surface area contributed by atoms with Gasteiger partial charge in [-0.05, 0) is 27.1 Å². The number of amides is 1. The summed E-state index contributed by atoms with van der Waals surface area (Å²) >= 11 is 0. The Labute approximate surface area is 107 Å². The minimum atomic E-state index is -0.153. The van der Waals surface area contributed by atoms with Crippen LogP contribution in [0.2, 0.25) is 0 Å². The molecule has 100 valence electrons. The van der Waals surface area contributed by atoms with Gasteiger partial charge in [0.05, 0.1) is 23.8 Å². The van der Waals surface area contributed by atoms with Gasteiger partial charge in [0, 0.05) is 19.5 Å². The number of imidazole rings is 1. The van der Waals surface area contributed by atoms with Crippen molar-refractivity contribution in [3.63, 3.8) is 0 Å². The van der Waals surface area contributed by atoms with Crippen molar-refractivity contribution in [2.24, 2.45) is 0 Å². The molecule has 0 spiro atoms. The van der Waals surface area contributed by atoms with E-state index in [-0.39, 0.29) is 11.9 Å². The van der Waals surface area contributed by atoms with E-state index in [1.54, 1.807) is 6.33 Å². The molecule has 0 aliphatic carbocycles. The second kappa shape index (κ2) is 5.97. The van der Waals surface area contributed by atoms with Gasteiger partial charge in [0.1, 0.15) is 0 Å². The third-order valence-corrected chi connectivity index (χ3v) is 3.13. The van der Waals surface area contributed by atoms with Crippen LogP contribution in [0.3, 0.4) is 0 Å². The summed E-state index contributed by atoms with van der Waals surface area (Å²) in [6.45, 7) is 2.40. The van der Waals surface area contributed by atoms with Gasteiger partial charge in [-0.25, -0.2) is 4.98 Å². The van der Waals surface area contributed by atoms with E-state index in [2.05, 4.69) is 25.5 Å². The van der Waals surface area contributed by atoms with Crippen molar-refractivity contribution in [2.45, 2.75) is 25.4 Å². The Morgan fingerprint density at radius 3 is 3.22 bits per heavy atom. The number of hydrogen-bond acceptors (Lipinski definition) is 4. The van der Waals surface area contributed by atoms with E-state index in [0.717, 1.165) is 30.9 Å². The third kappa shape index (κ3) is 3.30. The second-order valence-electron chi connectivity index (χ2n) is 4.91. The molecule has 1 aromatic rings. The van der Waals surface area contributed by atoms with Crippen molar-refractivity contribution < 1.29 is 4.79 Å². The van der Waals surface area contributed by atoms with E-state index in [1.165, 1.54) is 0 Å². The summed E-state index contributed by atoms with van der Waals surface area (Å²) in [5, 5.41) is 6.18. The molecule has 0 saturated carbocycles. The zero-order valence-corrected chi connectivity index (χ0v) is 11.0. The van der Waals surface area contributed by atoms with Crippen LogP contribution < -0.4 is 10.6 Å². The maximum Gasteiger partial charge on any atom is 0.237 e. The fourth-order valence-corrected chi connectivity index (χ4v) is 2.08. The lowest BCUT2D eigenvalue weighted by Crippen LogP contribution is -2.48. The van der Waals surface area contributed by atoms with Gasteiger partial charge < -0.3 is 15.2 Å². The highest BCUT2D eigenvalue weighted by Crippen LogP contribution is 2.11. The van der Waals surface area contributed by atoms with Crippen LogP contribution in [-0.2, 0) is 17.8 Å². The molecule has 3 N–H and O–H groups in total.